The van der Waals surface area contributed by atoms with Crippen LogP contribution >= 0.6 is 0 Å². The quantitative estimate of drug-likeness (QED) is 0.120. The Morgan fingerprint density at radius 1 is 0.955 bits per heavy atom. The largest absolute Gasteiger partial charge is 0.433 e. The summed E-state index contributed by atoms with van der Waals surface area (Å²) >= 11 is 0. The third kappa shape index (κ3) is 9.10. The Morgan fingerprint density at radius 3 is 2.18 bits per heavy atom. The van der Waals surface area contributed by atoms with Crippen molar-refractivity contribution in [3.8, 4) is 0 Å². The molecule has 1 unspecified atom stereocenters. The fraction of sp³-hybridized carbons (Fsp3) is 0.484. The molecule has 1 heterocycles. The number of hydrogen-bond donors (Lipinski definition) is 3. The third-order valence-corrected chi connectivity index (χ3v) is 10.2. The first-order chi connectivity index (χ1) is 20.8. The molecule has 0 fully saturated rings. The van der Waals surface area contributed by atoms with E-state index in [1.54, 1.807) is 5.10 Å². The van der Waals surface area contributed by atoms with Gasteiger partial charge in [0.25, 0.3) is 5.91 Å². The van der Waals surface area contributed by atoms with E-state index in [1.165, 1.54) is 0 Å². The van der Waals surface area contributed by atoms with Crippen molar-refractivity contribution in [2.75, 3.05) is 6.54 Å². The number of alkyl halides is 3. The Kier molecular flexibility index (Phi) is 12.5. The van der Waals surface area contributed by atoms with Crippen LogP contribution in [0.15, 0.2) is 48.7 Å². The molecule has 0 saturated carbocycles. The molecule has 2 atom stereocenters. The zero-order chi connectivity index (χ0) is 32.5. The van der Waals surface area contributed by atoms with Gasteiger partial charge < -0.3 is 10.6 Å². The number of nitrogens with one attached hydrogen (secondary N) is 3. The van der Waals surface area contributed by atoms with Crippen LogP contribution in [0.25, 0.3) is 0 Å². The van der Waals surface area contributed by atoms with Crippen LogP contribution in [0.3, 0.4) is 0 Å². The summed E-state index contributed by atoms with van der Waals surface area (Å²) < 4.78 is 98.3. The number of rotatable bonds is 16. The first-order valence-corrected chi connectivity index (χ1v) is 16.3. The molecule has 3 rings (SSSR count). The van der Waals surface area contributed by atoms with Crippen molar-refractivity contribution in [1.82, 2.24) is 20.8 Å². The van der Waals surface area contributed by atoms with Crippen LogP contribution in [0.5, 0.6) is 0 Å². The number of halogens is 5. The molecule has 0 saturated heterocycles. The van der Waals surface area contributed by atoms with Crippen molar-refractivity contribution in [2.24, 2.45) is 0 Å². The highest BCUT2D eigenvalue weighted by Crippen LogP contribution is 2.36. The molecule has 0 aliphatic heterocycles. The van der Waals surface area contributed by atoms with Crippen molar-refractivity contribution in [3.05, 3.63) is 88.2 Å². The van der Waals surface area contributed by atoms with E-state index in [1.807, 2.05) is 45.0 Å². The van der Waals surface area contributed by atoms with Crippen molar-refractivity contribution >= 4 is 15.7 Å². The zero-order valence-electron chi connectivity index (χ0n) is 25.0. The molecule has 7 nitrogen and oxygen atoms in total. The van der Waals surface area contributed by atoms with Crippen LogP contribution in [0.2, 0.25) is 0 Å². The van der Waals surface area contributed by atoms with Gasteiger partial charge in [-0.05, 0) is 61.1 Å². The van der Waals surface area contributed by atoms with Crippen molar-refractivity contribution < 1.29 is 35.2 Å². The SMILES string of the molecule is CCCC(CCC)S(=O)(=O)C(c1cc(F)cc(F)c1)[C@H](CCNCc1cccc(CC)c1)NC(=O)c1cn[nH]c1C(F)(F)F. The number of nitrogens with zero attached hydrogens (tertiary/aromatic N) is 1. The summed E-state index contributed by atoms with van der Waals surface area (Å²) in [7, 11) is -4.25. The summed E-state index contributed by atoms with van der Waals surface area (Å²) in [6, 6.07) is 8.84. The molecule has 0 aliphatic carbocycles. The normalized spacial score (nSPS) is 13.7. The van der Waals surface area contributed by atoms with Crippen LogP contribution in [0.1, 0.15) is 90.9 Å². The van der Waals surface area contributed by atoms with Crippen LogP contribution < -0.4 is 10.6 Å². The summed E-state index contributed by atoms with van der Waals surface area (Å²) in [5.74, 6) is -3.25. The van der Waals surface area contributed by atoms with Crippen LogP contribution in [0.4, 0.5) is 22.0 Å². The number of benzene rings is 2. The number of aromatic nitrogens is 2. The number of aromatic amines is 1. The van der Waals surface area contributed by atoms with Gasteiger partial charge >= 0.3 is 6.18 Å². The van der Waals surface area contributed by atoms with Crippen molar-refractivity contribution in [2.45, 2.75) is 88.6 Å². The molecule has 44 heavy (non-hydrogen) atoms. The highest BCUT2D eigenvalue weighted by atomic mass is 32.2. The Labute approximate surface area is 254 Å². The fourth-order valence-electron chi connectivity index (χ4n) is 5.38. The van der Waals surface area contributed by atoms with Crippen LogP contribution in [-0.4, -0.2) is 42.4 Å². The molecule has 3 aromatic rings. The van der Waals surface area contributed by atoms with Crippen LogP contribution in [0, 0.1) is 11.6 Å². The van der Waals surface area contributed by atoms with Gasteiger partial charge in [-0.3, -0.25) is 9.89 Å². The average molecular weight is 643 g/mol. The molecule has 1 aromatic heterocycles. The molecular weight excluding hydrogens is 603 g/mol. The summed E-state index contributed by atoms with van der Waals surface area (Å²) in [6.45, 7) is 6.17. The molecule has 242 valence electrons. The second-order valence-corrected chi connectivity index (χ2v) is 13.1. The standard InChI is InChI=1S/C31H39F5N4O3S/c1-4-8-25(9-5-2)44(42,43)28(22-15-23(32)17-24(33)16-22)27(12-13-37-18-21-11-7-10-20(6-3)14-21)39-30(41)26-19-38-40-29(26)31(34,35)36/h7,10-11,14-17,19,25,27-28,37H,4-6,8-9,12-13,18H2,1-3H3,(H,38,40)(H,39,41)/t27-,28?/m0/s1. The monoisotopic (exact) mass is 642 g/mol. The lowest BCUT2D eigenvalue weighted by Crippen LogP contribution is -2.46. The number of sulfone groups is 1. The lowest BCUT2D eigenvalue weighted by molar-refractivity contribution is -0.141. The van der Waals surface area contributed by atoms with E-state index in [2.05, 4.69) is 15.7 Å². The fourth-order valence-corrected chi connectivity index (χ4v) is 8.10. The second-order valence-electron chi connectivity index (χ2n) is 10.8. The van der Waals surface area contributed by atoms with Crippen molar-refractivity contribution in [3.63, 3.8) is 0 Å². The van der Waals surface area contributed by atoms with Gasteiger partial charge in [0.15, 0.2) is 15.5 Å². The van der Waals surface area contributed by atoms with Gasteiger partial charge in [-0.15, -0.1) is 0 Å². The van der Waals surface area contributed by atoms with Gasteiger partial charge in [0.1, 0.15) is 16.9 Å². The van der Waals surface area contributed by atoms with Gasteiger partial charge in [0.05, 0.1) is 23.1 Å². The van der Waals surface area contributed by atoms with Gasteiger partial charge in [-0.1, -0.05) is 57.9 Å². The van der Waals surface area contributed by atoms with E-state index >= 15 is 0 Å². The molecule has 0 radical (unpaired) electrons. The lowest BCUT2D eigenvalue weighted by Gasteiger charge is -2.32. The molecule has 0 aliphatic rings. The minimum Gasteiger partial charge on any atom is -0.347 e. The number of carbonyl (C=O) groups excluding carboxylic acids is 1. The predicted octanol–water partition coefficient (Wildman–Crippen LogP) is 6.67. The third-order valence-electron chi connectivity index (χ3n) is 7.46. The molecule has 13 heteroatoms. The number of carbonyl (C=O) groups is 1. The molecule has 2 aromatic carbocycles. The smallest absolute Gasteiger partial charge is 0.347 e. The summed E-state index contributed by atoms with van der Waals surface area (Å²) in [6.07, 6.45) is -1.94. The zero-order valence-corrected chi connectivity index (χ0v) is 25.8. The van der Waals surface area contributed by atoms with E-state index in [9.17, 15) is 35.2 Å². The van der Waals surface area contributed by atoms with Crippen molar-refractivity contribution in [1.29, 1.82) is 0 Å². The van der Waals surface area contributed by atoms with E-state index in [4.69, 9.17) is 0 Å². The Balaban J connectivity index is 2.05. The van der Waals surface area contributed by atoms with E-state index in [0.717, 1.165) is 29.7 Å². The van der Waals surface area contributed by atoms with E-state index in [-0.39, 0.29) is 31.4 Å². The number of amides is 1. The summed E-state index contributed by atoms with van der Waals surface area (Å²) in [5, 5.41) is 8.24. The first kappa shape index (κ1) is 35.2. The first-order valence-electron chi connectivity index (χ1n) is 14.7. The van der Waals surface area contributed by atoms with E-state index in [0.29, 0.717) is 31.6 Å². The minimum absolute atomic E-state index is 0.0780. The molecule has 3 N–H and O–H groups in total. The lowest BCUT2D eigenvalue weighted by atomic mass is 10.0. The Bertz CT molecular complexity index is 1470. The molecule has 0 bridgehead atoms. The predicted molar refractivity (Wildman–Crippen MR) is 159 cm³/mol. The molecule has 0 spiro atoms. The van der Waals surface area contributed by atoms with Gasteiger partial charge in [-0.25, -0.2) is 17.2 Å². The minimum atomic E-state index is -4.93. The Morgan fingerprint density at radius 2 is 1.59 bits per heavy atom. The summed E-state index contributed by atoms with van der Waals surface area (Å²) in [5.41, 5.74) is -0.377. The summed E-state index contributed by atoms with van der Waals surface area (Å²) in [4.78, 5) is 13.3. The van der Waals surface area contributed by atoms with E-state index < -0.39 is 61.4 Å². The topological polar surface area (TPSA) is 104 Å². The molecular formula is C31H39F5N4O3S. The van der Waals surface area contributed by atoms with Gasteiger partial charge in [0, 0.05) is 12.6 Å². The Hall–Kier alpha value is -3.32. The average Bonchev–Trinajstić information content (AvgIpc) is 3.46. The number of H-pyrrole nitrogens is 1. The maximum absolute atomic E-state index is 14.5. The maximum atomic E-state index is 14.5. The van der Waals surface area contributed by atoms with Gasteiger partial charge in [0.2, 0.25) is 0 Å². The molecule has 1 amide bonds. The highest BCUT2D eigenvalue weighted by Gasteiger charge is 2.42. The number of hydrogen-bond acceptors (Lipinski definition) is 5. The number of aryl methyl sites for hydroxylation is 1. The maximum Gasteiger partial charge on any atom is 0.433 e. The second kappa shape index (κ2) is 15.6. The van der Waals surface area contributed by atoms with Gasteiger partial charge in [-0.2, -0.15) is 18.3 Å². The highest BCUT2D eigenvalue weighted by molar-refractivity contribution is 7.92. The van der Waals surface area contributed by atoms with Crippen LogP contribution in [-0.2, 0) is 29.0 Å².